The minimum Gasteiger partial charge on any atom is -0.348 e. The molecule has 1 aromatic heterocycles. The van der Waals surface area contributed by atoms with Gasteiger partial charge in [0.2, 0.25) is 0 Å². The second-order valence-electron chi connectivity index (χ2n) is 6.30. The quantitative estimate of drug-likeness (QED) is 0.857. The van der Waals surface area contributed by atoms with Crippen molar-refractivity contribution >= 4 is 41.6 Å². The van der Waals surface area contributed by atoms with Crippen LogP contribution in [0.25, 0.3) is 10.9 Å². The summed E-state index contributed by atoms with van der Waals surface area (Å²) in [4.78, 5) is 17.7. The zero-order valence-electron chi connectivity index (χ0n) is 13.5. The number of hydrogen-bond acceptors (Lipinski definition) is 3. The highest BCUT2D eigenvalue weighted by Crippen LogP contribution is 2.30. The fourth-order valence-corrected chi connectivity index (χ4v) is 3.70. The Balaban J connectivity index is 0.00000104. The van der Waals surface area contributed by atoms with Crippen molar-refractivity contribution in [1.29, 1.82) is 0 Å². The molecule has 2 aromatic rings. The van der Waals surface area contributed by atoms with E-state index in [1.807, 2.05) is 24.3 Å². The van der Waals surface area contributed by atoms with Crippen molar-refractivity contribution in [2.45, 2.75) is 38.1 Å². The van der Waals surface area contributed by atoms with Gasteiger partial charge >= 0.3 is 0 Å². The first-order valence-corrected chi connectivity index (χ1v) is 8.25. The molecule has 2 aliphatic rings. The lowest BCUT2D eigenvalue weighted by Crippen LogP contribution is -2.45. The normalized spacial score (nSPS) is 19.1. The average Bonchev–Trinajstić information content (AvgIpc) is 3.01. The van der Waals surface area contributed by atoms with Gasteiger partial charge in [0.1, 0.15) is 0 Å². The molecule has 2 N–H and O–H groups in total. The van der Waals surface area contributed by atoms with Crippen LogP contribution in [-0.2, 0) is 12.8 Å². The molecule has 0 spiro atoms. The van der Waals surface area contributed by atoms with Crippen LogP contribution >= 0.6 is 24.8 Å². The summed E-state index contributed by atoms with van der Waals surface area (Å²) in [5.74, 6) is 0.0745. The summed E-state index contributed by atoms with van der Waals surface area (Å²) in [5, 5.41) is 7.57. The molecule has 130 valence electrons. The highest BCUT2D eigenvalue weighted by molar-refractivity contribution is 6.08. The van der Waals surface area contributed by atoms with E-state index in [-0.39, 0.29) is 36.8 Å². The number of fused-ring (bicyclic) bond motifs is 2. The number of amides is 1. The fraction of sp³-hybridized carbons (Fsp3) is 0.444. The summed E-state index contributed by atoms with van der Waals surface area (Å²) in [7, 11) is 0. The van der Waals surface area contributed by atoms with Gasteiger partial charge in [0, 0.05) is 23.7 Å². The van der Waals surface area contributed by atoms with Gasteiger partial charge in [0.25, 0.3) is 5.91 Å². The molecule has 1 aromatic carbocycles. The van der Waals surface area contributed by atoms with Crippen molar-refractivity contribution < 1.29 is 4.79 Å². The minimum atomic E-state index is 0. The van der Waals surface area contributed by atoms with Crippen LogP contribution < -0.4 is 10.6 Å². The van der Waals surface area contributed by atoms with Crippen LogP contribution in [0.3, 0.4) is 0 Å². The summed E-state index contributed by atoms with van der Waals surface area (Å²) >= 11 is 0. The molecule has 0 radical (unpaired) electrons. The highest BCUT2D eigenvalue weighted by Gasteiger charge is 2.25. The maximum atomic E-state index is 12.9. The van der Waals surface area contributed by atoms with Gasteiger partial charge in [-0.05, 0) is 50.3 Å². The molecular formula is C18H23Cl2N3O. The Hall–Kier alpha value is -1.36. The molecule has 1 aliphatic heterocycles. The Labute approximate surface area is 154 Å². The number of para-hydroxylation sites is 1. The maximum absolute atomic E-state index is 12.9. The van der Waals surface area contributed by atoms with Gasteiger partial charge in [-0.2, -0.15) is 0 Å². The molecule has 1 fully saturated rings. The summed E-state index contributed by atoms with van der Waals surface area (Å²) in [6.07, 6.45) is 5.25. The third-order valence-electron chi connectivity index (χ3n) is 4.78. The lowest BCUT2D eigenvalue weighted by Gasteiger charge is -2.24. The van der Waals surface area contributed by atoms with Crippen molar-refractivity contribution in [3.05, 3.63) is 41.1 Å². The smallest absolute Gasteiger partial charge is 0.252 e. The monoisotopic (exact) mass is 367 g/mol. The molecule has 2 heterocycles. The molecule has 0 saturated carbocycles. The zero-order valence-corrected chi connectivity index (χ0v) is 15.1. The molecule has 6 heteroatoms. The predicted molar refractivity (Wildman–Crippen MR) is 102 cm³/mol. The molecule has 1 amide bonds. The van der Waals surface area contributed by atoms with Crippen molar-refractivity contribution in [1.82, 2.24) is 15.6 Å². The number of halogens is 2. The van der Waals surface area contributed by atoms with Crippen molar-refractivity contribution in [3.63, 3.8) is 0 Å². The fourth-order valence-electron chi connectivity index (χ4n) is 3.70. The number of nitrogens with one attached hydrogen (secondary N) is 2. The number of benzene rings is 1. The van der Waals surface area contributed by atoms with Crippen molar-refractivity contribution in [2.24, 2.45) is 0 Å². The first-order valence-electron chi connectivity index (χ1n) is 8.25. The van der Waals surface area contributed by atoms with Gasteiger partial charge in [-0.3, -0.25) is 9.78 Å². The van der Waals surface area contributed by atoms with Crippen molar-refractivity contribution in [2.75, 3.05) is 13.1 Å². The first kappa shape index (κ1) is 19.0. The summed E-state index contributed by atoms with van der Waals surface area (Å²) in [6.45, 7) is 1.93. The van der Waals surface area contributed by atoms with Crippen LogP contribution in [0.5, 0.6) is 0 Å². The predicted octanol–water partition coefficient (Wildman–Crippen LogP) is 3.05. The molecule has 1 atom stereocenters. The number of hydrogen-bond donors (Lipinski definition) is 2. The van der Waals surface area contributed by atoms with Gasteiger partial charge in [-0.15, -0.1) is 24.8 Å². The SMILES string of the molecule is Cl.Cl.O=C(N[C@H]1CCCNC1)c1c2c(nc3ccccc13)CCC2. The van der Waals surface area contributed by atoms with E-state index in [4.69, 9.17) is 4.98 Å². The van der Waals surface area contributed by atoms with Crippen LogP contribution in [0.4, 0.5) is 0 Å². The zero-order chi connectivity index (χ0) is 14.9. The minimum absolute atomic E-state index is 0. The van der Waals surface area contributed by atoms with E-state index < -0.39 is 0 Å². The number of piperidine rings is 1. The lowest BCUT2D eigenvalue weighted by molar-refractivity contribution is 0.0931. The third kappa shape index (κ3) is 3.51. The largest absolute Gasteiger partial charge is 0.348 e. The molecule has 1 aliphatic carbocycles. The van der Waals surface area contributed by atoms with Gasteiger partial charge in [-0.25, -0.2) is 0 Å². The van der Waals surface area contributed by atoms with E-state index in [1.54, 1.807) is 0 Å². The van der Waals surface area contributed by atoms with E-state index in [1.165, 1.54) is 5.56 Å². The Morgan fingerprint density at radius 1 is 1.17 bits per heavy atom. The number of rotatable bonds is 2. The molecule has 0 bridgehead atoms. The third-order valence-corrected chi connectivity index (χ3v) is 4.78. The lowest BCUT2D eigenvalue weighted by atomic mass is 9.99. The van der Waals surface area contributed by atoms with E-state index in [2.05, 4.69) is 10.6 Å². The van der Waals surface area contributed by atoms with E-state index in [9.17, 15) is 4.79 Å². The Morgan fingerprint density at radius 2 is 2.00 bits per heavy atom. The number of carbonyl (C=O) groups excluding carboxylic acids is 1. The molecule has 0 unspecified atom stereocenters. The van der Waals surface area contributed by atoms with Crippen LogP contribution in [0.1, 0.15) is 40.9 Å². The van der Waals surface area contributed by atoms with Gasteiger partial charge < -0.3 is 10.6 Å². The van der Waals surface area contributed by atoms with E-state index in [0.717, 1.165) is 67.4 Å². The standard InChI is InChI=1S/C18H21N3O.2ClH/c22-18(20-12-5-4-10-19-11-12)17-13-6-1-2-8-15(13)21-16-9-3-7-14(16)17;;/h1-2,6,8,12,19H,3-5,7,9-11H2,(H,20,22);2*1H/t12-;;/m0../s1. The van der Waals surface area contributed by atoms with E-state index in [0.29, 0.717) is 0 Å². The van der Waals surface area contributed by atoms with Gasteiger partial charge in [0.05, 0.1) is 11.1 Å². The van der Waals surface area contributed by atoms with E-state index >= 15 is 0 Å². The Kier molecular flexibility index (Phi) is 6.44. The topological polar surface area (TPSA) is 54.0 Å². The van der Waals surface area contributed by atoms with Crippen LogP contribution in [0.15, 0.2) is 24.3 Å². The van der Waals surface area contributed by atoms with Gasteiger partial charge in [-0.1, -0.05) is 18.2 Å². The second-order valence-corrected chi connectivity index (χ2v) is 6.30. The highest BCUT2D eigenvalue weighted by atomic mass is 35.5. The molecule has 4 nitrogen and oxygen atoms in total. The molecular weight excluding hydrogens is 345 g/mol. The van der Waals surface area contributed by atoms with Gasteiger partial charge in [0.15, 0.2) is 0 Å². The van der Waals surface area contributed by atoms with Crippen LogP contribution in [-0.4, -0.2) is 30.0 Å². The summed E-state index contributed by atoms with van der Waals surface area (Å²) < 4.78 is 0. The number of aromatic nitrogens is 1. The Bertz CT molecular complexity index is 730. The molecule has 24 heavy (non-hydrogen) atoms. The first-order chi connectivity index (χ1) is 10.8. The van der Waals surface area contributed by atoms with Crippen LogP contribution in [0, 0.1) is 0 Å². The Morgan fingerprint density at radius 3 is 2.79 bits per heavy atom. The molecule has 4 rings (SSSR count). The summed E-state index contributed by atoms with van der Waals surface area (Å²) in [6, 6.07) is 8.25. The van der Waals surface area contributed by atoms with Crippen LogP contribution in [0.2, 0.25) is 0 Å². The number of nitrogens with zero attached hydrogens (tertiary/aromatic N) is 1. The molecule has 1 saturated heterocycles. The van der Waals surface area contributed by atoms with Crippen molar-refractivity contribution in [3.8, 4) is 0 Å². The number of aryl methyl sites for hydroxylation is 1. The number of carbonyl (C=O) groups is 1. The average molecular weight is 368 g/mol. The summed E-state index contributed by atoms with van der Waals surface area (Å²) in [5.41, 5.74) is 4.09. The second kappa shape index (κ2) is 8.15. The number of pyridine rings is 1. The maximum Gasteiger partial charge on any atom is 0.252 e.